The van der Waals surface area contributed by atoms with Gasteiger partial charge in [-0.25, -0.2) is 4.79 Å². The van der Waals surface area contributed by atoms with Crippen molar-refractivity contribution >= 4 is 17.4 Å². The first-order chi connectivity index (χ1) is 10.1. The van der Waals surface area contributed by atoms with E-state index in [1.807, 2.05) is 30.3 Å². The van der Waals surface area contributed by atoms with Crippen LogP contribution >= 0.6 is 0 Å². The van der Waals surface area contributed by atoms with E-state index in [1.165, 1.54) is 18.2 Å². The van der Waals surface area contributed by atoms with Crippen LogP contribution in [-0.2, 0) is 6.54 Å². The summed E-state index contributed by atoms with van der Waals surface area (Å²) in [6, 6.07) is 12.4. The minimum Gasteiger partial charge on any atom is -0.505 e. The third kappa shape index (κ3) is 3.69. The average Bonchev–Trinajstić information content (AvgIpc) is 2.48. The predicted octanol–water partition coefficient (Wildman–Crippen LogP) is 2.62. The zero-order valence-corrected chi connectivity index (χ0v) is 10.9. The lowest BCUT2D eigenvalue weighted by Crippen LogP contribution is -2.28. The summed E-state index contributed by atoms with van der Waals surface area (Å²) in [7, 11) is 0. The Labute approximate surface area is 120 Å². The van der Waals surface area contributed by atoms with Crippen LogP contribution in [0.25, 0.3) is 0 Å². The summed E-state index contributed by atoms with van der Waals surface area (Å²) in [6.45, 7) is 0.272. The maximum atomic E-state index is 11.8. The minimum atomic E-state index is -0.674. The molecule has 0 radical (unpaired) electrons. The zero-order valence-electron chi connectivity index (χ0n) is 10.9. The van der Waals surface area contributed by atoms with Gasteiger partial charge in [0.25, 0.3) is 5.69 Å². The van der Waals surface area contributed by atoms with Crippen LogP contribution < -0.4 is 10.6 Å². The molecule has 2 aromatic rings. The number of anilines is 1. The first kappa shape index (κ1) is 14.3. The Morgan fingerprint density at radius 1 is 1.14 bits per heavy atom. The summed E-state index contributed by atoms with van der Waals surface area (Å²) in [5.41, 5.74) is 0.289. The molecule has 7 nitrogen and oxygen atoms in total. The Morgan fingerprint density at radius 2 is 1.86 bits per heavy atom. The number of phenols is 1. The van der Waals surface area contributed by atoms with Crippen molar-refractivity contribution < 1.29 is 14.8 Å². The van der Waals surface area contributed by atoms with Crippen molar-refractivity contribution in [2.45, 2.75) is 6.54 Å². The fraction of sp³-hybridized carbons (Fsp3) is 0.0714. The van der Waals surface area contributed by atoms with E-state index in [1.54, 1.807) is 0 Å². The number of para-hydroxylation sites is 1. The fourth-order valence-electron chi connectivity index (χ4n) is 1.74. The van der Waals surface area contributed by atoms with Crippen molar-refractivity contribution in [3.63, 3.8) is 0 Å². The van der Waals surface area contributed by atoms with E-state index < -0.39 is 11.0 Å². The molecule has 2 rings (SSSR count). The smallest absolute Gasteiger partial charge is 0.319 e. The molecule has 0 aliphatic heterocycles. The molecule has 0 aromatic heterocycles. The molecule has 0 saturated carbocycles. The van der Waals surface area contributed by atoms with Gasteiger partial charge >= 0.3 is 6.03 Å². The normalized spacial score (nSPS) is 9.90. The summed E-state index contributed by atoms with van der Waals surface area (Å²) < 4.78 is 0. The Bertz CT molecular complexity index is 659. The van der Waals surface area contributed by atoms with Crippen molar-refractivity contribution in [3.8, 4) is 5.75 Å². The summed E-state index contributed by atoms with van der Waals surface area (Å²) in [5.74, 6) is -0.362. The highest BCUT2D eigenvalue weighted by Crippen LogP contribution is 2.32. The van der Waals surface area contributed by atoms with E-state index in [9.17, 15) is 20.0 Å². The van der Waals surface area contributed by atoms with E-state index >= 15 is 0 Å². The van der Waals surface area contributed by atoms with Crippen molar-refractivity contribution in [1.29, 1.82) is 0 Å². The number of nitrogens with one attached hydrogen (secondary N) is 2. The number of nitrogens with zero attached hydrogens (tertiary/aromatic N) is 1. The van der Waals surface area contributed by atoms with Crippen LogP contribution in [0, 0.1) is 10.1 Å². The van der Waals surface area contributed by atoms with Gasteiger partial charge in [0.05, 0.1) is 4.92 Å². The number of nitro benzene ring substituents is 1. The summed E-state index contributed by atoms with van der Waals surface area (Å²) in [6.07, 6.45) is 0. The van der Waals surface area contributed by atoms with Gasteiger partial charge < -0.3 is 10.4 Å². The molecule has 0 heterocycles. The number of urea groups is 1. The lowest BCUT2D eigenvalue weighted by Gasteiger charge is -2.09. The molecule has 0 atom stereocenters. The molecule has 2 amide bonds. The Kier molecular flexibility index (Phi) is 4.35. The first-order valence-electron chi connectivity index (χ1n) is 6.13. The van der Waals surface area contributed by atoms with Gasteiger partial charge in [0, 0.05) is 12.6 Å². The van der Waals surface area contributed by atoms with Gasteiger partial charge in [-0.15, -0.1) is 0 Å². The monoisotopic (exact) mass is 287 g/mol. The average molecular weight is 287 g/mol. The summed E-state index contributed by atoms with van der Waals surface area (Å²) >= 11 is 0. The van der Waals surface area contributed by atoms with Crippen molar-refractivity contribution in [1.82, 2.24) is 5.32 Å². The number of phenolic OH excluding ortho intramolecular Hbond substituents is 1. The second-order valence-electron chi connectivity index (χ2n) is 4.22. The van der Waals surface area contributed by atoms with Crippen molar-refractivity contribution in [2.75, 3.05) is 5.32 Å². The first-order valence-corrected chi connectivity index (χ1v) is 6.13. The highest BCUT2D eigenvalue weighted by Gasteiger charge is 2.19. The number of benzene rings is 2. The van der Waals surface area contributed by atoms with E-state index in [0.717, 1.165) is 5.56 Å². The van der Waals surface area contributed by atoms with Crippen LogP contribution in [0.3, 0.4) is 0 Å². The lowest BCUT2D eigenvalue weighted by molar-refractivity contribution is -0.384. The Morgan fingerprint density at radius 3 is 2.52 bits per heavy atom. The van der Waals surface area contributed by atoms with Gasteiger partial charge in [0.1, 0.15) is 5.75 Å². The van der Waals surface area contributed by atoms with Gasteiger partial charge in [-0.2, -0.15) is 0 Å². The van der Waals surface area contributed by atoms with E-state index in [-0.39, 0.29) is 23.7 Å². The van der Waals surface area contributed by atoms with Crippen molar-refractivity contribution in [3.05, 3.63) is 64.2 Å². The summed E-state index contributed by atoms with van der Waals surface area (Å²) in [5, 5.41) is 25.3. The van der Waals surface area contributed by atoms with Crippen LogP contribution in [0.15, 0.2) is 48.5 Å². The number of hydrogen-bond acceptors (Lipinski definition) is 4. The number of aromatic hydroxyl groups is 1. The highest BCUT2D eigenvalue weighted by molar-refractivity contribution is 5.93. The van der Waals surface area contributed by atoms with Gasteiger partial charge in [0.15, 0.2) is 5.69 Å². The number of nitro groups is 1. The molecule has 0 saturated heterocycles. The Hall–Kier alpha value is -3.09. The van der Waals surface area contributed by atoms with E-state index in [0.29, 0.717) is 0 Å². The summed E-state index contributed by atoms with van der Waals surface area (Å²) in [4.78, 5) is 21.9. The molecule has 0 bridgehead atoms. The molecule has 3 N–H and O–H groups in total. The molecule has 108 valence electrons. The van der Waals surface area contributed by atoms with Gasteiger partial charge in [-0.1, -0.05) is 36.4 Å². The Balaban J connectivity index is 2.05. The van der Waals surface area contributed by atoms with E-state index in [2.05, 4.69) is 10.6 Å². The molecular weight excluding hydrogens is 274 g/mol. The van der Waals surface area contributed by atoms with E-state index in [4.69, 9.17) is 0 Å². The number of carbonyl (C=O) groups is 1. The molecule has 0 unspecified atom stereocenters. The quantitative estimate of drug-likeness (QED) is 0.456. The van der Waals surface area contributed by atoms with Gasteiger partial charge in [0.2, 0.25) is 0 Å². The third-order valence-corrected chi connectivity index (χ3v) is 2.75. The van der Waals surface area contributed by atoms with Crippen LogP contribution in [-0.4, -0.2) is 16.1 Å². The number of hydrogen-bond donors (Lipinski definition) is 3. The number of amides is 2. The second kappa shape index (κ2) is 6.38. The van der Waals surface area contributed by atoms with Crippen molar-refractivity contribution in [2.24, 2.45) is 0 Å². The van der Waals surface area contributed by atoms with Crippen LogP contribution in [0.5, 0.6) is 5.75 Å². The topological polar surface area (TPSA) is 104 Å². The van der Waals surface area contributed by atoms with Crippen LogP contribution in [0.1, 0.15) is 5.56 Å². The van der Waals surface area contributed by atoms with Gasteiger partial charge in [-0.05, 0) is 11.6 Å². The minimum absolute atomic E-state index is 0.229. The second-order valence-corrected chi connectivity index (χ2v) is 4.22. The molecule has 7 heteroatoms. The molecule has 0 spiro atoms. The molecule has 0 fully saturated rings. The van der Waals surface area contributed by atoms with Gasteiger partial charge in [-0.3, -0.25) is 15.4 Å². The molecule has 21 heavy (non-hydrogen) atoms. The van der Waals surface area contributed by atoms with Crippen LogP contribution in [0.4, 0.5) is 16.2 Å². The number of rotatable bonds is 4. The third-order valence-electron chi connectivity index (χ3n) is 2.75. The fourth-order valence-corrected chi connectivity index (χ4v) is 1.74. The lowest BCUT2D eigenvalue weighted by atomic mass is 10.2. The number of carbonyl (C=O) groups excluding carboxylic acids is 1. The molecule has 2 aromatic carbocycles. The SMILES string of the molecule is O=C(NCc1ccccc1)Nc1c(O)cccc1[N+](=O)[O-]. The maximum absolute atomic E-state index is 11.8. The van der Waals surface area contributed by atoms with Crippen LogP contribution in [0.2, 0.25) is 0 Å². The standard InChI is InChI=1S/C14H13N3O4/c18-12-8-4-7-11(17(20)21)13(12)16-14(19)15-9-10-5-2-1-3-6-10/h1-8,18H,9H2,(H2,15,16,19). The molecule has 0 aliphatic rings. The molecule has 0 aliphatic carbocycles. The predicted molar refractivity (Wildman–Crippen MR) is 77.1 cm³/mol. The molecular formula is C14H13N3O4. The maximum Gasteiger partial charge on any atom is 0.319 e. The zero-order chi connectivity index (χ0) is 15.2. The largest absolute Gasteiger partial charge is 0.505 e. The highest BCUT2D eigenvalue weighted by atomic mass is 16.6.